The van der Waals surface area contributed by atoms with Crippen molar-refractivity contribution in [3.63, 3.8) is 0 Å². The minimum absolute atomic E-state index is 0.0162. The first-order valence-electron chi connectivity index (χ1n) is 12.1. The van der Waals surface area contributed by atoms with Gasteiger partial charge in [0.2, 0.25) is 5.88 Å². The lowest BCUT2D eigenvalue weighted by atomic mass is 10.1. The Bertz CT molecular complexity index is 1750. The van der Waals surface area contributed by atoms with Crippen LogP contribution in [0.2, 0.25) is 0 Å². The fraction of sp³-hybridized carbons (Fsp3) is 0.172. The summed E-state index contributed by atoms with van der Waals surface area (Å²) >= 11 is 0. The largest absolute Gasteiger partial charge is 0.438 e. The Morgan fingerprint density at radius 3 is 2.54 bits per heavy atom. The van der Waals surface area contributed by atoms with Gasteiger partial charge >= 0.3 is 6.18 Å². The van der Waals surface area contributed by atoms with E-state index in [4.69, 9.17) is 4.74 Å². The van der Waals surface area contributed by atoms with Crippen LogP contribution in [0.3, 0.4) is 0 Å². The monoisotopic (exact) mass is 534 g/mol. The summed E-state index contributed by atoms with van der Waals surface area (Å²) in [6.07, 6.45) is -1.42. The van der Waals surface area contributed by atoms with Crippen LogP contribution in [0.1, 0.15) is 29.4 Å². The number of fused-ring (bicyclic) bond motifs is 1. The molecular formula is C29H22F4N4O2. The van der Waals surface area contributed by atoms with Gasteiger partial charge in [0.1, 0.15) is 23.0 Å². The third-order valence-corrected chi connectivity index (χ3v) is 6.20. The third kappa shape index (κ3) is 5.36. The van der Waals surface area contributed by atoms with Crippen molar-refractivity contribution in [2.24, 2.45) is 0 Å². The molecule has 0 fully saturated rings. The SMILES string of the molecule is CCc1nc(=O)c2cc(Oc3ncccc3C(F)(F)F)ccc2n1Cc1ccnc(-c2ccc(C)cc2F)c1. The van der Waals surface area contributed by atoms with E-state index in [1.807, 2.05) is 17.6 Å². The van der Waals surface area contributed by atoms with E-state index in [0.717, 1.165) is 17.2 Å². The lowest BCUT2D eigenvalue weighted by molar-refractivity contribution is -0.138. The minimum atomic E-state index is -4.66. The number of aromatic nitrogens is 4. The Hall–Kier alpha value is -4.60. The molecule has 0 amide bonds. The van der Waals surface area contributed by atoms with Gasteiger partial charge in [0, 0.05) is 30.9 Å². The van der Waals surface area contributed by atoms with Crippen molar-refractivity contribution >= 4 is 10.9 Å². The first-order valence-corrected chi connectivity index (χ1v) is 12.1. The van der Waals surface area contributed by atoms with Gasteiger partial charge in [-0.2, -0.15) is 18.2 Å². The van der Waals surface area contributed by atoms with Crippen LogP contribution in [0.5, 0.6) is 11.6 Å². The number of rotatable bonds is 6. The maximum Gasteiger partial charge on any atom is 0.421 e. The van der Waals surface area contributed by atoms with Gasteiger partial charge in [-0.3, -0.25) is 9.78 Å². The molecule has 39 heavy (non-hydrogen) atoms. The molecule has 0 radical (unpaired) electrons. The van der Waals surface area contributed by atoms with Crippen molar-refractivity contribution in [3.8, 4) is 22.9 Å². The fourth-order valence-corrected chi connectivity index (χ4v) is 4.34. The van der Waals surface area contributed by atoms with E-state index in [0.29, 0.717) is 35.6 Å². The van der Waals surface area contributed by atoms with E-state index in [1.165, 1.54) is 30.5 Å². The number of nitrogens with zero attached hydrogens (tertiary/aromatic N) is 4. The Morgan fingerprint density at radius 1 is 0.974 bits per heavy atom. The number of hydrogen-bond acceptors (Lipinski definition) is 5. The van der Waals surface area contributed by atoms with Gasteiger partial charge in [-0.25, -0.2) is 9.37 Å². The molecule has 3 heterocycles. The molecule has 0 spiro atoms. The molecule has 5 rings (SSSR count). The highest BCUT2D eigenvalue weighted by molar-refractivity contribution is 5.80. The molecule has 0 aliphatic carbocycles. The van der Waals surface area contributed by atoms with Crippen molar-refractivity contribution in [1.82, 2.24) is 19.5 Å². The smallest absolute Gasteiger partial charge is 0.421 e. The lowest BCUT2D eigenvalue weighted by Gasteiger charge is -2.17. The van der Waals surface area contributed by atoms with Crippen LogP contribution in [-0.2, 0) is 19.1 Å². The summed E-state index contributed by atoms with van der Waals surface area (Å²) in [5.74, 6) is -0.457. The molecule has 0 saturated heterocycles. The van der Waals surface area contributed by atoms with E-state index in [1.54, 1.807) is 37.4 Å². The van der Waals surface area contributed by atoms with Gasteiger partial charge in [0.15, 0.2) is 0 Å². The van der Waals surface area contributed by atoms with Gasteiger partial charge < -0.3 is 9.30 Å². The van der Waals surface area contributed by atoms with Gasteiger partial charge in [0.25, 0.3) is 5.56 Å². The summed E-state index contributed by atoms with van der Waals surface area (Å²) in [7, 11) is 0. The molecule has 0 aliphatic heterocycles. The quantitative estimate of drug-likeness (QED) is 0.226. The molecule has 6 nitrogen and oxygen atoms in total. The van der Waals surface area contributed by atoms with Crippen LogP contribution in [0.4, 0.5) is 17.6 Å². The summed E-state index contributed by atoms with van der Waals surface area (Å²) in [5, 5.41) is 0.174. The van der Waals surface area contributed by atoms with Crippen LogP contribution < -0.4 is 10.3 Å². The predicted molar refractivity (Wildman–Crippen MR) is 138 cm³/mol. The summed E-state index contributed by atoms with van der Waals surface area (Å²) in [6.45, 7) is 3.97. The van der Waals surface area contributed by atoms with E-state index < -0.39 is 23.2 Å². The van der Waals surface area contributed by atoms with Crippen molar-refractivity contribution in [1.29, 1.82) is 0 Å². The molecule has 10 heteroatoms. The third-order valence-electron chi connectivity index (χ3n) is 6.20. The standard InChI is InChI=1S/C29H22F4N4O2/c1-3-26-36-27(38)21-15-19(39-28-22(29(31,32)33)5-4-11-35-28)7-9-25(21)37(26)16-18-10-12-34-24(14-18)20-8-6-17(2)13-23(20)30/h4-15H,3,16H2,1-2H3. The number of ether oxygens (including phenoxy) is 1. The molecule has 5 aromatic rings. The zero-order chi connectivity index (χ0) is 27.7. The van der Waals surface area contributed by atoms with Gasteiger partial charge in [0.05, 0.1) is 16.6 Å². The van der Waals surface area contributed by atoms with Crippen molar-refractivity contribution < 1.29 is 22.3 Å². The van der Waals surface area contributed by atoms with E-state index in [-0.39, 0.29) is 17.0 Å². The van der Waals surface area contributed by atoms with Gasteiger partial charge in [-0.1, -0.05) is 13.0 Å². The number of alkyl halides is 3. The minimum Gasteiger partial charge on any atom is -0.438 e. The maximum absolute atomic E-state index is 14.6. The summed E-state index contributed by atoms with van der Waals surface area (Å²) in [5.41, 5.74) is 1.40. The van der Waals surface area contributed by atoms with E-state index in [2.05, 4.69) is 15.0 Å². The number of halogens is 4. The van der Waals surface area contributed by atoms with Crippen LogP contribution >= 0.6 is 0 Å². The average Bonchev–Trinajstić information content (AvgIpc) is 2.90. The Labute approximate surface area is 220 Å². The second-order valence-electron chi connectivity index (χ2n) is 8.94. The second kappa shape index (κ2) is 10.3. The fourth-order valence-electron chi connectivity index (χ4n) is 4.34. The number of aryl methyl sites for hydroxylation is 2. The van der Waals surface area contributed by atoms with Crippen molar-refractivity contribution in [2.45, 2.75) is 33.0 Å². The number of hydrogen-bond donors (Lipinski definition) is 0. The van der Waals surface area contributed by atoms with Crippen molar-refractivity contribution in [2.75, 3.05) is 0 Å². The highest BCUT2D eigenvalue weighted by Crippen LogP contribution is 2.37. The normalized spacial score (nSPS) is 11.6. The van der Waals surface area contributed by atoms with Crippen LogP contribution in [-0.4, -0.2) is 19.5 Å². The first-order chi connectivity index (χ1) is 18.6. The molecular weight excluding hydrogens is 512 g/mol. The molecule has 2 aromatic carbocycles. The lowest BCUT2D eigenvalue weighted by Crippen LogP contribution is -2.19. The first kappa shape index (κ1) is 26.0. The molecule has 0 atom stereocenters. The zero-order valence-electron chi connectivity index (χ0n) is 21.0. The van der Waals surface area contributed by atoms with Crippen molar-refractivity contribution in [3.05, 3.63) is 112 Å². The molecule has 0 unspecified atom stereocenters. The molecule has 0 saturated carbocycles. The summed E-state index contributed by atoms with van der Waals surface area (Å²) in [4.78, 5) is 25.1. The van der Waals surface area contributed by atoms with Gasteiger partial charge in [-0.15, -0.1) is 0 Å². The summed E-state index contributed by atoms with van der Waals surface area (Å²) in [6, 6.07) is 15.0. The molecule has 3 aromatic heterocycles. The zero-order valence-corrected chi connectivity index (χ0v) is 21.0. The highest BCUT2D eigenvalue weighted by Gasteiger charge is 2.35. The molecule has 198 valence electrons. The second-order valence-corrected chi connectivity index (χ2v) is 8.94. The number of benzene rings is 2. The molecule has 0 N–H and O–H groups in total. The Morgan fingerprint density at radius 2 is 1.79 bits per heavy atom. The van der Waals surface area contributed by atoms with E-state index in [9.17, 15) is 22.4 Å². The predicted octanol–water partition coefficient (Wildman–Crippen LogP) is 6.72. The van der Waals surface area contributed by atoms with Gasteiger partial charge in [-0.05, 0) is 72.6 Å². The van der Waals surface area contributed by atoms with Crippen LogP contribution in [0.25, 0.3) is 22.2 Å². The van der Waals surface area contributed by atoms with E-state index >= 15 is 0 Å². The Balaban J connectivity index is 1.54. The highest BCUT2D eigenvalue weighted by atomic mass is 19.4. The van der Waals surface area contributed by atoms with Crippen LogP contribution in [0, 0.1) is 12.7 Å². The number of pyridine rings is 2. The molecule has 0 aliphatic rings. The summed E-state index contributed by atoms with van der Waals surface area (Å²) < 4.78 is 62.0. The average molecular weight is 535 g/mol. The maximum atomic E-state index is 14.6. The van der Waals surface area contributed by atoms with Crippen LogP contribution in [0.15, 0.2) is 77.9 Å². The molecule has 0 bridgehead atoms. The topological polar surface area (TPSA) is 69.9 Å². The Kier molecular flexibility index (Phi) is 6.86.